The van der Waals surface area contributed by atoms with Crippen LogP contribution < -0.4 is 24.8 Å². The molecule has 1 aliphatic heterocycles. The molecule has 0 aromatic heterocycles. The predicted octanol–water partition coefficient (Wildman–Crippen LogP) is 2.54. The van der Waals surface area contributed by atoms with Gasteiger partial charge in [0.25, 0.3) is 0 Å². The van der Waals surface area contributed by atoms with Crippen LogP contribution in [0.25, 0.3) is 0 Å². The molecule has 1 amide bonds. The fraction of sp³-hybridized carbons (Fsp3) is 0.278. The third-order valence-corrected chi connectivity index (χ3v) is 3.65. The topological polar surface area (TPSA) is 68.8 Å². The Morgan fingerprint density at radius 3 is 2.92 bits per heavy atom. The lowest BCUT2D eigenvalue weighted by atomic mass is 10.2. The predicted molar refractivity (Wildman–Crippen MR) is 90.5 cm³/mol. The number of carbonyl (C=O) groups excluding carboxylic acids is 1. The molecule has 1 heterocycles. The van der Waals surface area contributed by atoms with Gasteiger partial charge < -0.3 is 24.8 Å². The molecule has 6 heteroatoms. The molecule has 0 aliphatic carbocycles. The Balaban J connectivity index is 1.40. The highest BCUT2D eigenvalue weighted by Gasteiger charge is 2.12. The molecule has 0 atom stereocenters. The first-order valence-electron chi connectivity index (χ1n) is 7.78. The first-order valence-corrected chi connectivity index (χ1v) is 7.78. The van der Waals surface area contributed by atoms with E-state index in [2.05, 4.69) is 10.6 Å². The number of nitrogens with one attached hydrogen (secondary N) is 2. The summed E-state index contributed by atoms with van der Waals surface area (Å²) < 4.78 is 15.8. The first-order chi connectivity index (χ1) is 11.7. The van der Waals surface area contributed by atoms with Crippen molar-refractivity contribution in [3.8, 4) is 17.2 Å². The van der Waals surface area contributed by atoms with Gasteiger partial charge in [0.1, 0.15) is 5.75 Å². The summed E-state index contributed by atoms with van der Waals surface area (Å²) in [5.41, 5.74) is 1.82. The molecule has 0 unspecified atom stereocenters. The second-order valence-electron chi connectivity index (χ2n) is 5.39. The van der Waals surface area contributed by atoms with E-state index in [4.69, 9.17) is 14.2 Å². The Kier molecular flexibility index (Phi) is 5.18. The second kappa shape index (κ2) is 7.70. The zero-order valence-corrected chi connectivity index (χ0v) is 13.5. The van der Waals surface area contributed by atoms with Gasteiger partial charge in [0.15, 0.2) is 11.5 Å². The molecular formula is C18H20N2O4. The third-order valence-electron chi connectivity index (χ3n) is 3.65. The van der Waals surface area contributed by atoms with Crippen molar-refractivity contribution in [2.24, 2.45) is 0 Å². The molecule has 0 saturated carbocycles. The number of ether oxygens (including phenoxy) is 3. The van der Waals surface area contributed by atoms with Gasteiger partial charge in [-0.05, 0) is 29.8 Å². The summed E-state index contributed by atoms with van der Waals surface area (Å²) >= 11 is 0. The van der Waals surface area contributed by atoms with Gasteiger partial charge in [-0.25, -0.2) is 0 Å². The van der Waals surface area contributed by atoms with Crippen LogP contribution in [0.1, 0.15) is 12.0 Å². The quantitative estimate of drug-likeness (QED) is 0.765. The summed E-state index contributed by atoms with van der Waals surface area (Å²) in [7, 11) is 1.60. The Labute approximate surface area is 140 Å². The van der Waals surface area contributed by atoms with Gasteiger partial charge >= 0.3 is 0 Å². The van der Waals surface area contributed by atoms with Crippen LogP contribution in [-0.4, -0.2) is 26.4 Å². The molecule has 0 fully saturated rings. The van der Waals surface area contributed by atoms with E-state index in [0.717, 1.165) is 22.7 Å². The van der Waals surface area contributed by atoms with Crippen LogP contribution in [0.5, 0.6) is 17.2 Å². The molecule has 0 radical (unpaired) electrons. The van der Waals surface area contributed by atoms with Crippen LogP contribution in [0, 0.1) is 0 Å². The van der Waals surface area contributed by atoms with Crippen LogP contribution in [0.4, 0.5) is 5.69 Å². The van der Waals surface area contributed by atoms with E-state index in [9.17, 15) is 4.79 Å². The van der Waals surface area contributed by atoms with Gasteiger partial charge in [-0.1, -0.05) is 12.1 Å². The van der Waals surface area contributed by atoms with Crippen molar-refractivity contribution in [2.45, 2.75) is 13.0 Å². The minimum Gasteiger partial charge on any atom is -0.497 e. The molecule has 1 aliphatic rings. The van der Waals surface area contributed by atoms with Crippen LogP contribution in [-0.2, 0) is 11.3 Å². The number of amides is 1. The molecular weight excluding hydrogens is 308 g/mol. The summed E-state index contributed by atoms with van der Waals surface area (Å²) in [6, 6.07) is 13.1. The lowest BCUT2D eigenvalue weighted by Gasteiger charge is -2.08. The molecule has 2 aromatic carbocycles. The van der Waals surface area contributed by atoms with Gasteiger partial charge in [-0.2, -0.15) is 0 Å². The number of hydrogen-bond acceptors (Lipinski definition) is 5. The molecule has 3 rings (SSSR count). The number of hydrogen-bond donors (Lipinski definition) is 2. The smallest absolute Gasteiger partial charge is 0.231 e. The summed E-state index contributed by atoms with van der Waals surface area (Å²) in [6.45, 7) is 1.53. The van der Waals surface area contributed by atoms with Crippen molar-refractivity contribution in [2.75, 3.05) is 25.8 Å². The fourth-order valence-corrected chi connectivity index (χ4v) is 2.41. The van der Waals surface area contributed by atoms with Crippen molar-refractivity contribution < 1.29 is 19.0 Å². The van der Waals surface area contributed by atoms with Gasteiger partial charge in [-0.15, -0.1) is 0 Å². The second-order valence-corrected chi connectivity index (χ2v) is 5.39. The molecule has 2 aromatic rings. The van der Waals surface area contributed by atoms with Crippen molar-refractivity contribution >= 4 is 11.6 Å². The third kappa shape index (κ3) is 4.17. The molecule has 6 nitrogen and oxygen atoms in total. The van der Waals surface area contributed by atoms with Crippen LogP contribution in [0.15, 0.2) is 42.5 Å². The zero-order valence-electron chi connectivity index (χ0n) is 13.5. The van der Waals surface area contributed by atoms with Crippen LogP contribution in [0.2, 0.25) is 0 Å². The van der Waals surface area contributed by atoms with Crippen LogP contribution in [0.3, 0.4) is 0 Å². The largest absolute Gasteiger partial charge is 0.497 e. The summed E-state index contributed by atoms with van der Waals surface area (Å²) in [5.74, 6) is 2.22. The first kappa shape index (κ1) is 16.1. The van der Waals surface area contributed by atoms with E-state index in [0.29, 0.717) is 25.3 Å². The number of fused-ring (bicyclic) bond motifs is 1. The minimum atomic E-state index is -0.0403. The summed E-state index contributed by atoms with van der Waals surface area (Å²) in [4.78, 5) is 11.9. The lowest BCUT2D eigenvalue weighted by Crippen LogP contribution is -2.21. The average molecular weight is 328 g/mol. The number of carbonyl (C=O) groups is 1. The standard InChI is InChI=1S/C18H20N2O4/c1-22-15-4-2-3-14(10-15)20-18(21)7-8-19-11-13-5-6-16-17(9-13)24-12-23-16/h2-6,9-10,19H,7-8,11-12H2,1H3,(H,20,21). The Hall–Kier alpha value is -2.73. The Morgan fingerprint density at radius 1 is 1.17 bits per heavy atom. The van der Waals surface area contributed by atoms with E-state index in [1.54, 1.807) is 13.2 Å². The minimum absolute atomic E-state index is 0.0403. The maximum absolute atomic E-state index is 11.9. The van der Waals surface area contributed by atoms with E-state index >= 15 is 0 Å². The van der Waals surface area contributed by atoms with Gasteiger partial charge in [0.05, 0.1) is 7.11 Å². The van der Waals surface area contributed by atoms with E-state index < -0.39 is 0 Å². The lowest BCUT2D eigenvalue weighted by molar-refractivity contribution is -0.116. The zero-order chi connectivity index (χ0) is 16.8. The number of methoxy groups -OCH3 is 1. The SMILES string of the molecule is COc1cccc(NC(=O)CCNCc2ccc3c(c2)OCO3)c1. The molecule has 126 valence electrons. The fourth-order valence-electron chi connectivity index (χ4n) is 2.41. The summed E-state index contributed by atoms with van der Waals surface area (Å²) in [5, 5.41) is 6.10. The van der Waals surface area contributed by atoms with Crippen molar-refractivity contribution in [1.82, 2.24) is 5.32 Å². The maximum atomic E-state index is 11.9. The van der Waals surface area contributed by atoms with Gasteiger partial charge in [0.2, 0.25) is 12.7 Å². The van der Waals surface area contributed by atoms with Crippen molar-refractivity contribution in [3.63, 3.8) is 0 Å². The number of anilines is 1. The van der Waals surface area contributed by atoms with Gasteiger partial charge in [0, 0.05) is 31.3 Å². The van der Waals surface area contributed by atoms with Crippen molar-refractivity contribution in [3.05, 3.63) is 48.0 Å². The highest BCUT2D eigenvalue weighted by atomic mass is 16.7. The van der Waals surface area contributed by atoms with Gasteiger partial charge in [-0.3, -0.25) is 4.79 Å². The molecule has 0 spiro atoms. The Bertz CT molecular complexity index is 718. The monoisotopic (exact) mass is 328 g/mol. The van der Waals surface area contributed by atoms with E-state index in [1.165, 1.54) is 0 Å². The van der Waals surface area contributed by atoms with E-state index in [-0.39, 0.29) is 12.7 Å². The molecule has 0 bridgehead atoms. The van der Waals surface area contributed by atoms with Crippen LogP contribution >= 0.6 is 0 Å². The number of benzene rings is 2. The summed E-state index contributed by atoms with van der Waals surface area (Å²) in [6.07, 6.45) is 0.391. The highest BCUT2D eigenvalue weighted by Crippen LogP contribution is 2.32. The van der Waals surface area contributed by atoms with Crippen molar-refractivity contribution in [1.29, 1.82) is 0 Å². The normalized spacial score (nSPS) is 12.0. The molecule has 0 saturated heterocycles. The molecule has 24 heavy (non-hydrogen) atoms. The average Bonchev–Trinajstić information content (AvgIpc) is 3.06. The number of rotatable bonds is 7. The Morgan fingerprint density at radius 2 is 2.04 bits per heavy atom. The van der Waals surface area contributed by atoms with E-state index in [1.807, 2.05) is 36.4 Å². The molecule has 2 N–H and O–H groups in total. The highest BCUT2D eigenvalue weighted by molar-refractivity contribution is 5.91. The maximum Gasteiger partial charge on any atom is 0.231 e.